The van der Waals surface area contributed by atoms with Crippen molar-refractivity contribution in [2.45, 2.75) is 20.4 Å². The van der Waals surface area contributed by atoms with Crippen LogP contribution >= 0.6 is 0 Å². The maximum atomic E-state index is 12.5. The fourth-order valence-electron chi connectivity index (χ4n) is 2.93. The molecule has 1 aromatic heterocycles. The van der Waals surface area contributed by atoms with E-state index in [1.807, 2.05) is 68.4 Å². The molecule has 0 aliphatic heterocycles. The molecule has 138 valence electrons. The van der Waals surface area contributed by atoms with Crippen LogP contribution in [-0.4, -0.2) is 34.1 Å². The van der Waals surface area contributed by atoms with Crippen molar-refractivity contribution in [3.05, 3.63) is 84.1 Å². The molecule has 1 heterocycles. The van der Waals surface area contributed by atoms with Crippen molar-refractivity contribution >= 4 is 17.4 Å². The average molecular weight is 360 g/mol. The Labute approximate surface area is 160 Å². The summed E-state index contributed by atoms with van der Waals surface area (Å²) in [5.41, 5.74) is 2.57. The molecule has 27 heavy (non-hydrogen) atoms. The zero-order chi connectivity index (χ0) is 19.1. The Bertz CT molecular complexity index is 847. The highest BCUT2D eigenvalue weighted by Crippen LogP contribution is 2.25. The lowest BCUT2D eigenvalue weighted by Gasteiger charge is -2.24. The number of benzene rings is 2. The molecule has 3 aromatic rings. The zero-order valence-electron chi connectivity index (χ0n) is 15.7. The van der Waals surface area contributed by atoms with E-state index in [1.165, 1.54) is 5.56 Å². The summed E-state index contributed by atoms with van der Waals surface area (Å²) in [7, 11) is 0. The lowest BCUT2D eigenvalue weighted by molar-refractivity contribution is 0.0766. The van der Waals surface area contributed by atoms with Gasteiger partial charge < -0.3 is 9.80 Å². The number of hydrogen-bond acceptors (Lipinski definition) is 4. The molecule has 0 atom stereocenters. The summed E-state index contributed by atoms with van der Waals surface area (Å²) in [6, 6.07) is 23.9. The van der Waals surface area contributed by atoms with Gasteiger partial charge in [0.1, 0.15) is 0 Å². The summed E-state index contributed by atoms with van der Waals surface area (Å²) < 4.78 is 0. The molecule has 0 radical (unpaired) electrons. The molecule has 0 saturated heterocycles. The molecule has 0 spiro atoms. The van der Waals surface area contributed by atoms with E-state index in [4.69, 9.17) is 0 Å². The van der Waals surface area contributed by atoms with Gasteiger partial charge in [-0.25, -0.2) is 0 Å². The summed E-state index contributed by atoms with van der Waals surface area (Å²) in [5.74, 6) is 0.620. The van der Waals surface area contributed by atoms with Gasteiger partial charge in [0.2, 0.25) is 0 Å². The molecular formula is C22H24N4O. The first-order valence-electron chi connectivity index (χ1n) is 9.22. The van der Waals surface area contributed by atoms with E-state index in [1.54, 1.807) is 11.0 Å². The molecule has 2 aromatic carbocycles. The van der Waals surface area contributed by atoms with Gasteiger partial charge in [-0.15, -0.1) is 10.2 Å². The molecule has 3 rings (SSSR count). The summed E-state index contributed by atoms with van der Waals surface area (Å²) in [6.45, 7) is 5.90. The smallest absolute Gasteiger partial charge is 0.274 e. The SMILES string of the molecule is CCN(CC)C(=O)c1ccc(N(Cc2ccccc2)c2ccccc2)nn1. The van der Waals surface area contributed by atoms with E-state index < -0.39 is 0 Å². The number of para-hydroxylation sites is 1. The highest BCUT2D eigenvalue weighted by atomic mass is 16.2. The van der Waals surface area contributed by atoms with E-state index in [-0.39, 0.29) is 5.91 Å². The highest BCUT2D eigenvalue weighted by Gasteiger charge is 2.17. The molecule has 0 unspecified atom stereocenters. The van der Waals surface area contributed by atoms with E-state index in [0.717, 1.165) is 5.69 Å². The Kier molecular flexibility index (Phi) is 6.15. The number of carbonyl (C=O) groups is 1. The molecule has 0 aliphatic carbocycles. The van der Waals surface area contributed by atoms with Gasteiger partial charge in [-0.1, -0.05) is 48.5 Å². The number of hydrogen-bond donors (Lipinski definition) is 0. The van der Waals surface area contributed by atoms with Gasteiger partial charge >= 0.3 is 0 Å². The van der Waals surface area contributed by atoms with Gasteiger partial charge in [0.05, 0.1) is 0 Å². The fraction of sp³-hybridized carbons (Fsp3) is 0.227. The number of amides is 1. The minimum absolute atomic E-state index is 0.0895. The third-order valence-corrected chi connectivity index (χ3v) is 4.45. The molecule has 0 bridgehead atoms. The Morgan fingerprint density at radius 3 is 2.00 bits per heavy atom. The Morgan fingerprint density at radius 1 is 0.815 bits per heavy atom. The summed E-state index contributed by atoms with van der Waals surface area (Å²) in [6.07, 6.45) is 0. The molecule has 0 N–H and O–H groups in total. The minimum Gasteiger partial charge on any atom is -0.338 e. The summed E-state index contributed by atoms with van der Waals surface area (Å²) in [4.78, 5) is 16.3. The van der Waals surface area contributed by atoms with Crippen LogP contribution in [0.25, 0.3) is 0 Å². The third kappa shape index (κ3) is 4.50. The Hall–Kier alpha value is -3.21. The number of rotatable bonds is 7. The predicted octanol–water partition coefficient (Wildman–Crippen LogP) is 4.30. The molecule has 0 aliphatic rings. The summed E-state index contributed by atoms with van der Waals surface area (Å²) >= 11 is 0. The summed E-state index contributed by atoms with van der Waals surface area (Å²) in [5, 5.41) is 8.55. The number of nitrogens with zero attached hydrogens (tertiary/aromatic N) is 4. The van der Waals surface area contributed by atoms with Crippen molar-refractivity contribution in [2.24, 2.45) is 0 Å². The van der Waals surface area contributed by atoms with Crippen LogP contribution in [0.4, 0.5) is 11.5 Å². The predicted molar refractivity (Wildman–Crippen MR) is 108 cm³/mol. The van der Waals surface area contributed by atoms with Crippen molar-refractivity contribution in [1.82, 2.24) is 15.1 Å². The second-order valence-electron chi connectivity index (χ2n) is 6.16. The molecule has 5 nitrogen and oxygen atoms in total. The lowest BCUT2D eigenvalue weighted by Crippen LogP contribution is -2.31. The first kappa shape index (κ1) is 18.6. The first-order chi connectivity index (χ1) is 13.2. The molecule has 5 heteroatoms. The van der Waals surface area contributed by atoms with Crippen molar-refractivity contribution < 1.29 is 4.79 Å². The molecular weight excluding hydrogens is 336 g/mol. The van der Waals surface area contributed by atoms with Gasteiger partial charge in [-0.3, -0.25) is 4.79 Å². The van der Waals surface area contributed by atoms with Gasteiger partial charge in [-0.05, 0) is 43.7 Å². The lowest BCUT2D eigenvalue weighted by atomic mass is 10.2. The molecule has 0 fully saturated rings. The second-order valence-corrected chi connectivity index (χ2v) is 6.16. The van der Waals surface area contributed by atoms with Crippen LogP contribution in [0.3, 0.4) is 0 Å². The van der Waals surface area contributed by atoms with E-state index >= 15 is 0 Å². The maximum absolute atomic E-state index is 12.5. The van der Waals surface area contributed by atoms with Crippen molar-refractivity contribution in [2.75, 3.05) is 18.0 Å². The number of anilines is 2. The van der Waals surface area contributed by atoms with Crippen LogP contribution < -0.4 is 4.90 Å². The average Bonchev–Trinajstić information content (AvgIpc) is 2.74. The van der Waals surface area contributed by atoms with Gasteiger partial charge in [-0.2, -0.15) is 0 Å². The standard InChI is InChI=1S/C22H24N4O/c1-3-25(4-2)22(27)20-15-16-21(24-23-20)26(19-13-9-6-10-14-19)17-18-11-7-5-8-12-18/h5-16H,3-4,17H2,1-2H3. The van der Waals surface area contributed by atoms with Crippen LogP contribution in [0.5, 0.6) is 0 Å². The normalized spacial score (nSPS) is 10.4. The van der Waals surface area contributed by atoms with Crippen LogP contribution in [0, 0.1) is 0 Å². The minimum atomic E-state index is -0.0895. The van der Waals surface area contributed by atoms with E-state index in [2.05, 4.69) is 27.2 Å². The van der Waals surface area contributed by atoms with Gasteiger partial charge in [0.15, 0.2) is 11.5 Å². The monoisotopic (exact) mass is 360 g/mol. The first-order valence-corrected chi connectivity index (χ1v) is 9.22. The van der Waals surface area contributed by atoms with Crippen LogP contribution in [0.2, 0.25) is 0 Å². The van der Waals surface area contributed by atoms with Crippen LogP contribution in [-0.2, 0) is 6.54 Å². The Morgan fingerprint density at radius 2 is 1.44 bits per heavy atom. The van der Waals surface area contributed by atoms with Crippen LogP contribution in [0.15, 0.2) is 72.8 Å². The fourth-order valence-corrected chi connectivity index (χ4v) is 2.93. The highest BCUT2D eigenvalue weighted by molar-refractivity contribution is 5.92. The largest absolute Gasteiger partial charge is 0.338 e. The zero-order valence-corrected chi connectivity index (χ0v) is 15.7. The van der Waals surface area contributed by atoms with Crippen LogP contribution in [0.1, 0.15) is 29.9 Å². The number of aromatic nitrogens is 2. The quantitative estimate of drug-likeness (QED) is 0.630. The van der Waals surface area contributed by atoms with Crippen molar-refractivity contribution in [1.29, 1.82) is 0 Å². The Balaban J connectivity index is 1.89. The van der Waals surface area contributed by atoms with Crippen molar-refractivity contribution in [3.63, 3.8) is 0 Å². The maximum Gasteiger partial charge on any atom is 0.274 e. The molecule has 1 amide bonds. The third-order valence-electron chi connectivity index (χ3n) is 4.45. The molecule has 0 saturated carbocycles. The van der Waals surface area contributed by atoms with E-state index in [9.17, 15) is 4.79 Å². The topological polar surface area (TPSA) is 49.3 Å². The van der Waals surface area contributed by atoms with Crippen molar-refractivity contribution in [3.8, 4) is 0 Å². The van der Waals surface area contributed by atoms with E-state index in [0.29, 0.717) is 31.1 Å². The van der Waals surface area contributed by atoms with Gasteiger partial charge in [0, 0.05) is 25.3 Å². The van der Waals surface area contributed by atoms with Gasteiger partial charge in [0.25, 0.3) is 5.91 Å². The second kappa shape index (κ2) is 8.94. The number of carbonyl (C=O) groups excluding carboxylic acids is 1.